The second-order valence-electron chi connectivity index (χ2n) is 7.85. The summed E-state index contributed by atoms with van der Waals surface area (Å²) in [5, 5.41) is 2.67. The molecule has 2 atom stereocenters. The first-order valence-electron chi connectivity index (χ1n) is 9.16. The summed E-state index contributed by atoms with van der Waals surface area (Å²) >= 11 is 0. The van der Waals surface area contributed by atoms with Crippen molar-refractivity contribution in [2.24, 2.45) is 17.1 Å². The number of rotatable bonds is 7. The maximum Gasteiger partial charge on any atom is 0.241 e. The SMILES string of the molecule is CC(C)[C@H](N)C(=O)NCC(=O)N1CCC(C)(CCc2ccccc2)C1. The summed E-state index contributed by atoms with van der Waals surface area (Å²) in [6.45, 7) is 7.58. The zero-order chi connectivity index (χ0) is 18.4. The number of nitrogens with zero attached hydrogens (tertiary/aromatic N) is 1. The van der Waals surface area contributed by atoms with E-state index in [1.54, 1.807) is 0 Å². The first-order valence-corrected chi connectivity index (χ1v) is 9.16. The van der Waals surface area contributed by atoms with Crippen molar-refractivity contribution in [3.05, 3.63) is 35.9 Å². The predicted molar refractivity (Wildman–Crippen MR) is 99.9 cm³/mol. The van der Waals surface area contributed by atoms with Crippen molar-refractivity contribution in [1.82, 2.24) is 10.2 Å². The third kappa shape index (κ3) is 5.56. The van der Waals surface area contributed by atoms with Gasteiger partial charge in [-0.15, -0.1) is 0 Å². The second-order valence-corrected chi connectivity index (χ2v) is 7.85. The van der Waals surface area contributed by atoms with Crippen LogP contribution in [0.15, 0.2) is 30.3 Å². The summed E-state index contributed by atoms with van der Waals surface area (Å²) in [4.78, 5) is 26.1. The molecule has 1 saturated heterocycles. The fourth-order valence-corrected chi connectivity index (χ4v) is 3.23. The Morgan fingerprint density at radius 3 is 2.60 bits per heavy atom. The number of aryl methyl sites for hydroxylation is 1. The molecular weight excluding hydrogens is 314 g/mol. The molecule has 2 rings (SSSR count). The van der Waals surface area contributed by atoms with Gasteiger partial charge in [-0.1, -0.05) is 51.1 Å². The third-order valence-electron chi connectivity index (χ3n) is 5.21. The Hall–Kier alpha value is -1.88. The van der Waals surface area contributed by atoms with Gasteiger partial charge in [0.2, 0.25) is 11.8 Å². The van der Waals surface area contributed by atoms with Gasteiger partial charge in [-0.2, -0.15) is 0 Å². The van der Waals surface area contributed by atoms with Crippen LogP contribution in [0.2, 0.25) is 0 Å². The number of benzene rings is 1. The highest BCUT2D eigenvalue weighted by Crippen LogP contribution is 2.34. The Kier molecular flexibility index (Phi) is 6.59. The summed E-state index contributed by atoms with van der Waals surface area (Å²) in [5.74, 6) is -0.217. The van der Waals surface area contributed by atoms with E-state index in [4.69, 9.17) is 5.73 Å². The number of carbonyl (C=O) groups excluding carboxylic acids is 2. The van der Waals surface area contributed by atoms with Crippen LogP contribution >= 0.6 is 0 Å². The third-order valence-corrected chi connectivity index (χ3v) is 5.21. The largest absolute Gasteiger partial charge is 0.346 e. The Balaban J connectivity index is 1.78. The van der Waals surface area contributed by atoms with Gasteiger partial charge in [-0.25, -0.2) is 0 Å². The quantitative estimate of drug-likeness (QED) is 0.793. The highest BCUT2D eigenvalue weighted by Gasteiger charge is 2.35. The Morgan fingerprint density at radius 2 is 1.96 bits per heavy atom. The molecule has 25 heavy (non-hydrogen) atoms. The highest BCUT2D eigenvalue weighted by molar-refractivity contribution is 5.87. The fourth-order valence-electron chi connectivity index (χ4n) is 3.23. The minimum absolute atomic E-state index is 0.0206. The van der Waals surface area contributed by atoms with Crippen LogP contribution in [-0.4, -0.2) is 42.4 Å². The molecule has 138 valence electrons. The van der Waals surface area contributed by atoms with Crippen LogP contribution in [0.3, 0.4) is 0 Å². The average Bonchev–Trinajstić information content (AvgIpc) is 3.00. The highest BCUT2D eigenvalue weighted by atomic mass is 16.2. The predicted octanol–water partition coefficient (Wildman–Crippen LogP) is 1.96. The monoisotopic (exact) mass is 345 g/mol. The topological polar surface area (TPSA) is 75.4 Å². The van der Waals surface area contributed by atoms with Gasteiger partial charge in [0.15, 0.2) is 0 Å². The zero-order valence-corrected chi connectivity index (χ0v) is 15.6. The molecule has 0 aliphatic carbocycles. The van der Waals surface area contributed by atoms with Crippen molar-refractivity contribution >= 4 is 11.8 Å². The summed E-state index contributed by atoms with van der Waals surface area (Å²) in [6.07, 6.45) is 3.09. The van der Waals surface area contributed by atoms with Gasteiger partial charge in [-0.3, -0.25) is 9.59 Å². The Morgan fingerprint density at radius 1 is 1.28 bits per heavy atom. The molecule has 1 fully saturated rings. The van der Waals surface area contributed by atoms with Gasteiger partial charge in [0.1, 0.15) is 0 Å². The van der Waals surface area contributed by atoms with Gasteiger partial charge >= 0.3 is 0 Å². The molecule has 5 heteroatoms. The fraction of sp³-hybridized carbons (Fsp3) is 0.600. The van der Waals surface area contributed by atoms with E-state index in [1.807, 2.05) is 24.8 Å². The minimum Gasteiger partial charge on any atom is -0.346 e. The minimum atomic E-state index is -0.567. The molecule has 1 aliphatic heterocycles. The number of nitrogens with one attached hydrogen (secondary N) is 1. The van der Waals surface area contributed by atoms with Crippen LogP contribution in [0, 0.1) is 11.3 Å². The Labute approximate surface area is 151 Å². The van der Waals surface area contributed by atoms with E-state index >= 15 is 0 Å². The van der Waals surface area contributed by atoms with E-state index in [0.29, 0.717) is 0 Å². The first-order chi connectivity index (χ1) is 11.8. The summed E-state index contributed by atoms with van der Waals surface area (Å²) in [7, 11) is 0. The van der Waals surface area contributed by atoms with Crippen molar-refractivity contribution in [3.8, 4) is 0 Å². The number of hydrogen-bond acceptors (Lipinski definition) is 3. The van der Waals surface area contributed by atoms with Crippen LogP contribution in [0.4, 0.5) is 0 Å². The molecule has 0 radical (unpaired) electrons. The molecule has 1 unspecified atom stereocenters. The summed E-state index contributed by atoms with van der Waals surface area (Å²) in [6, 6.07) is 9.88. The lowest BCUT2D eigenvalue weighted by Crippen LogP contribution is -2.47. The normalized spacial score (nSPS) is 21.4. The lowest BCUT2D eigenvalue weighted by atomic mass is 9.83. The maximum absolute atomic E-state index is 12.4. The molecule has 0 saturated carbocycles. The summed E-state index contributed by atoms with van der Waals surface area (Å²) in [5.41, 5.74) is 7.28. The van der Waals surface area contributed by atoms with E-state index in [-0.39, 0.29) is 29.7 Å². The molecular formula is C20H31N3O2. The molecule has 0 bridgehead atoms. The number of carbonyl (C=O) groups is 2. The smallest absolute Gasteiger partial charge is 0.241 e. The second kappa shape index (κ2) is 8.48. The lowest BCUT2D eigenvalue weighted by Gasteiger charge is -2.25. The van der Waals surface area contributed by atoms with E-state index in [9.17, 15) is 9.59 Å². The number of hydrogen-bond donors (Lipinski definition) is 2. The number of amides is 2. The average molecular weight is 345 g/mol. The zero-order valence-electron chi connectivity index (χ0n) is 15.6. The first kappa shape index (κ1) is 19.4. The van der Waals surface area contributed by atoms with Crippen LogP contribution in [0.5, 0.6) is 0 Å². The molecule has 0 spiro atoms. The molecule has 1 aromatic carbocycles. The van der Waals surface area contributed by atoms with Gasteiger partial charge in [0, 0.05) is 13.1 Å². The summed E-state index contributed by atoms with van der Waals surface area (Å²) < 4.78 is 0. The number of nitrogens with two attached hydrogens (primary N) is 1. The van der Waals surface area contributed by atoms with E-state index < -0.39 is 6.04 Å². The molecule has 1 heterocycles. The van der Waals surface area contributed by atoms with Gasteiger partial charge in [0.25, 0.3) is 0 Å². The van der Waals surface area contributed by atoms with Crippen LogP contribution in [-0.2, 0) is 16.0 Å². The van der Waals surface area contributed by atoms with Crippen molar-refractivity contribution in [2.45, 2.75) is 46.1 Å². The van der Waals surface area contributed by atoms with Crippen molar-refractivity contribution < 1.29 is 9.59 Å². The molecule has 0 aromatic heterocycles. The molecule has 1 aromatic rings. The van der Waals surface area contributed by atoms with Crippen LogP contribution < -0.4 is 11.1 Å². The van der Waals surface area contributed by atoms with E-state index in [2.05, 4.69) is 36.5 Å². The van der Waals surface area contributed by atoms with E-state index in [0.717, 1.165) is 32.4 Å². The maximum atomic E-state index is 12.4. The van der Waals surface area contributed by atoms with Gasteiger partial charge in [0.05, 0.1) is 12.6 Å². The van der Waals surface area contributed by atoms with Gasteiger partial charge < -0.3 is 16.0 Å². The molecule has 3 N–H and O–H groups in total. The standard InChI is InChI=1S/C20H31N3O2/c1-15(2)18(21)19(25)22-13-17(24)23-12-11-20(3,14-23)10-9-16-7-5-4-6-8-16/h4-8,15,18H,9-14,21H2,1-3H3,(H,22,25)/t18-,20?/m0/s1. The number of likely N-dealkylation sites (tertiary alicyclic amines) is 1. The molecule has 1 aliphatic rings. The van der Waals surface area contributed by atoms with Crippen molar-refractivity contribution in [2.75, 3.05) is 19.6 Å². The lowest BCUT2D eigenvalue weighted by molar-refractivity contribution is -0.132. The van der Waals surface area contributed by atoms with Crippen molar-refractivity contribution in [3.63, 3.8) is 0 Å². The Bertz CT molecular complexity index is 588. The van der Waals surface area contributed by atoms with E-state index in [1.165, 1.54) is 5.56 Å². The molecule has 2 amide bonds. The van der Waals surface area contributed by atoms with Crippen LogP contribution in [0.1, 0.15) is 39.2 Å². The van der Waals surface area contributed by atoms with Gasteiger partial charge in [-0.05, 0) is 36.2 Å². The van der Waals surface area contributed by atoms with Crippen LogP contribution in [0.25, 0.3) is 0 Å². The molecule has 5 nitrogen and oxygen atoms in total. The van der Waals surface area contributed by atoms with Crippen molar-refractivity contribution in [1.29, 1.82) is 0 Å².